The highest BCUT2D eigenvalue weighted by atomic mass is 32.2. The van der Waals surface area contributed by atoms with Gasteiger partial charge in [0.25, 0.3) is 0 Å². The Balaban J connectivity index is 1.97. The van der Waals surface area contributed by atoms with Gasteiger partial charge in [0.15, 0.2) is 0 Å². The normalized spacial score (nSPS) is 19.0. The monoisotopic (exact) mass is 326 g/mol. The zero-order valence-corrected chi connectivity index (χ0v) is 13.5. The van der Waals surface area contributed by atoms with Gasteiger partial charge in [-0.3, -0.25) is 9.69 Å². The van der Waals surface area contributed by atoms with Gasteiger partial charge in [-0.2, -0.15) is 4.31 Å². The van der Waals surface area contributed by atoms with Crippen LogP contribution in [0, 0.1) is 0 Å². The minimum atomic E-state index is -3.35. The summed E-state index contributed by atoms with van der Waals surface area (Å²) in [7, 11) is -3.35. The zero-order chi connectivity index (χ0) is 16.2. The molecule has 1 aromatic rings. The number of rotatable bonds is 6. The molecule has 1 saturated heterocycles. The third-order valence-electron chi connectivity index (χ3n) is 3.97. The van der Waals surface area contributed by atoms with Crippen molar-refractivity contribution < 1.29 is 18.3 Å². The molecule has 1 atom stereocenters. The van der Waals surface area contributed by atoms with Crippen LogP contribution in [0.3, 0.4) is 0 Å². The second-order valence-corrected chi connectivity index (χ2v) is 7.41. The fraction of sp³-hybridized carbons (Fsp3) is 0.533. The molecule has 1 heterocycles. The van der Waals surface area contributed by atoms with Gasteiger partial charge >= 0.3 is 5.97 Å². The topological polar surface area (TPSA) is 77.9 Å². The molecule has 0 radical (unpaired) electrons. The quantitative estimate of drug-likeness (QED) is 0.844. The van der Waals surface area contributed by atoms with Crippen LogP contribution in [0.4, 0.5) is 0 Å². The zero-order valence-electron chi connectivity index (χ0n) is 12.7. The molecule has 22 heavy (non-hydrogen) atoms. The Morgan fingerprint density at radius 1 is 1.18 bits per heavy atom. The van der Waals surface area contributed by atoms with E-state index in [9.17, 15) is 18.3 Å². The van der Waals surface area contributed by atoms with Crippen molar-refractivity contribution in [2.24, 2.45) is 0 Å². The van der Waals surface area contributed by atoms with Crippen LogP contribution in [0.1, 0.15) is 18.9 Å². The molecule has 1 N–H and O–H groups in total. The predicted octanol–water partition coefficient (Wildman–Crippen LogP) is 0.997. The van der Waals surface area contributed by atoms with E-state index < -0.39 is 22.0 Å². The van der Waals surface area contributed by atoms with Gasteiger partial charge in [0.1, 0.15) is 6.04 Å². The van der Waals surface area contributed by atoms with Crippen LogP contribution >= 0.6 is 0 Å². The molecule has 0 saturated carbocycles. The Kier molecular flexibility index (Phi) is 5.55. The molecule has 0 aliphatic carbocycles. The number of hydrogen-bond donors (Lipinski definition) is 1. The summed E-state index contributed by atoms with van der Waals surface area (Å²) in [6.07, 6.45) is 0.520. The molecule has 6 nitrogen and oxygen atoms in total. The van der Waals surface area contributed by atoms with Crippen molar-refractivity contribution in [3.8, 4) is 0 Å². The lowest BCUT2D eigenvalue weighted by Gasteiger charge is -2.36. The van der Waals surface area contributed by atoms with Crippen molar-refractivity contribution in [2.75, 3.05) is 26.2 Å². The molecule has 1 unspecified atom stereocenters. The van der Waals surface area contributed by atoms with Crippen molar-refractivity contribution in [1.29, 1.82) is 0 Å². The maximum absolute atomic E-state index is 12.4. The van der Waals surface area contributed by atoms with E-state index in [1.807, 2.05) is 30.0 Å². The molecule has 0 aromatic heterocycles. The molecule has 122 valence electrons. The Morgan fingerprint density at radius 3 is 2.27 bits per heavy atom. The van der Waals surface area contributed by atoms with E-state index in [1.165, 1.54) is 4.31 Å². The van der Waals surface area contributed by atoms with Gasteiger partial charge in [0.05, 0.1) is 5.75 Å². The highest BCUT2D eigenvalue weighted by Gasteiger charge is 2.31. The molecule has 0 spiro atoms. The molecule has 1 fully saturated rings. The van der Waals surface area contributed by atoms with E-state index in [1.54, 1.807) is 12.1 Å². The van der Waals surface area contributed by atoms with Crippen molar-refractivity contribution >= 4 is 16.0 Å². The third-order valence-corrected chi connectivity index (χ3v) is 5.82. The number of benzene rings is 1. The van der Waals surface area contributed by atoms with Gasteiger partial charge in [0, 0.05) is 26.2 Å². The number of carbonyl (C=O) groups is 1. The Morgan fingerprint density at radius 2 is 1.77 bits per heavy atom. The lowest BCUT2D eigenvalue weighted by molar-refractivity contribution is -0.143. The molecule has 1 aliphatic heterocycles. The van der Waals surface area contributed by atoms with Crippen LogP contribution < -0.4 is 0 Å². The Hall–Kier alpha value is -1.44. The minimum absolute atomic E-state index is 0.00994. The van der Waals surface area contributed by atoms with Gasteiger partial charge in [-0.1, -0.05) is 37.3 Å². The molecule has 7 heteroatoms. The van der Waals surface area contributed by atoms with Crippen LogP contribution in [0.15, 0.2) is 30.3 Å². The number of nitrogens with zero attached hydrogens (tertiary/aromatic N) is 2. The number of sulfonamides is 1. The van der Waals surface area contributed by atoms with Gasteiger partial charge in [-0.15, -0.1) is 0 Å². The van der Waals surface area contributed by atoms with Crippen LogP contribution in [0.5, 0.6) is 0 Å². The van der Waals surface area contributed by atoms with Crippen molar-refractivity contribution in [2.45, 2.75) is 25.1 Å². The summed E-state index contributed by atoms with van der Waals surface area (Å²) in [5.74, 6) is -0.854. The van der Waals surface area contributed by atoms with Crippen LogP contribution in [-0.2, 0) is 20.6 Å². The minimum Gasteiger partial charge on any atom is -0.480 e. The van der Waals surface area contributed by atoms with Gasteiger partial charge in [-0.05, 0) is 12.0 Å². The summed E-state index contributed by atoms with van der Waals surface area (Å²) < 4.78 is 26.3. The summed E-state index contributed by atoms with van der Waals surface area (Å²) in [5, 5.41) is 9.17. The van der Waals surface area contributed by atoms with Crippen LogP contribution in [0.25, 0.3) is 0 Å². The van der Waals surface area contributed by atoms with E-state index in [0.717, 1.165) is 5.56 Å². The maximum atomic E-state index is 12.4. The molecule has 2 rings (SSSR count). The molecule has 1 aromatic carbocycles. The lowest BCUT2D eigenvalue weighted by Crippen LogP contribution is -2.53. The van der Waals surface area contributed by atoms with E-state index >= 15 is 0 Å². The molecular weight excluding hydrogens is 304 g/mol. The number of aliphatic carboxylic acids is 1. The first-order valence-electron chi connectivity index (χ1n) is 7.42. The van der Waals surface area contributed by atoms with Crippen molar-refractivity contribution in [3.05, 3.63) is 35.9 Å². The molecule has 0 amide bonds. The second kappa shape index (κ2) is 7.21. The summed E-state index contributed by atoms with van der Waals surface area (Å²) in [5.41, 5.74) is 0.766. The van der Waals surface area contributed by atoms with Gasteiger partial charge in [-0.25, -0.2) is 8.42 Å². The van der Waals surface area contributed by atoms with E-state index in [2.05, 4.69) is 0 Å². The SMILES string of the molecule is CCC(C(=O)O)N1CCN(S(=O)(=O)Cc2ccccc2)CC1. The van der Waals surface area contributed by atoms with Crippen LogP contribution in [-0.4, -0.2) is 60.9 Å². The first-order valence-corrected chi connectivity index (χ1v) is 9.03. The first-order chi connectivity index (χ1) is 10.4. The number of hydrogen-bond acceptors (Lipinski definition) is 4. The lowest BCUT2D eigenvalue weighted by atomic mass is 10.1. The fourth-order valence-corrected chi connectivity index (χ4v) is 4.27. The predicted molar refractivity (Wildman–Crippen MR) is 83.9 cm³/mol. The van der Waals surface area contributed by atoms with Gasteiger partial charge in [0.2, 0.25) is 10.0 Å². The first kappa shape index (κ1) is 16.9. The standard InChI is InChI=1S/C15H22N2O4S/c1-2-14(15(18)19)16-8-10-17(11-9-16)22(20,21)12-13-6-4-3-5-7-13/h3-7,14H,2,8-12H2,1H3,(H,18,19). The highest BCUT2D eigenvalue weighted by molar-refractivity contribution is 7.88. The number of carboxylic acids is 1. The van der Waals surface area contributed by atoms with Gasteiger partial charge < -0.3 is 5.11 Å². The van der Waals surface area contributed by atoms with E-state index in [4.69, 9.17) is 0 Å². The summed E-state index contributed by atoms with van der Waals surface area (Å²) in [4.78, 5) is 13.0. The third kappa shape index (κ3) is 4.06. The summed E-state index contributed by atoms with van der Waals surface area (Å²) >= 11 is 0. The van der Waals surface area contributed by atoms with Crippen molar-refractivity contribution in [3.63, 3.8) is 0 Å². The smallest absolute Gasteiger partial charge is 0.320 e. The fourth-order valence-electron chi connectivity index (χ4n) is 2.76. The number of carboxylic acid groups (broad SMARTS) is 1. The van der Waals surface area contributed by atoms with Crippen LogP contribution in [0.2, 0.25) is 0 Å². The summed E-state index contributed by atoms with van der Waals surface area (Å²) in [6.45, 7) is 3.44. The average Bonchev–Trinajstić information content (AvgIpc) is 2.49. The van der Waals surface area contributed by atoms with E-state index in [0.29, 0.717) is 32.6 Å². The summed E-state index contributed by atoms with van der Waals surface area (Å²) in [6, 6.07) is 8.56. The Labute approximate surface area is 131 Å². The average molecular weight is 326 g/mol. The molecular formula is C15H22N2O4S. The number of piperazine rings is 1. The largest absolute Gasteiger partial charge is 0.480 e. The van der Waals surface area contributed by atoms with E-state index in [-0.39, 0.29) is 5.75 Å². The second-order valence-electron chi connectivity index (χ2n) is 5.44. The highest BCUT2D eigenvalue weighted by Crippen LogP contribution is 2.16. The van der Waals surface area contributed by atoms with Crippen molar-refractivity contribution in [1.82, 2.24) is 9.21 Å². The molecule has 1 aliphatic rings. The Bertz CT molecular complexity index is 595. The molecule has 0 bridgehead atoms. The maximum Gasteiger partial charge on any atom is 0.320 e.